The molecule has 34 heavy (non-hydrogen) atoms. The molecule has 0 unspecified atom stereocenters. The highest BCUT2D eigenvalue weighted by Crippen LogP contribution is 2.21. The van der Waals surface area contributed by atoms with Crippen molar-refractivity contribution in [3.05, 3.63) is 95.8 Å². The zero-order valence-corrected chi connectivity index (χ0v) is 19.8. The summed E-state index contributed by atoms with van der Waals surface area (Å²) in [4.78, 5) is 25.0. The molecule has 0 aliphatic carbocycles. The van der Waals surface area contributed by atoms with Crippen LogP contribution in [0.5, 0.6) is 0 Å². The number of carbonyl (C=O) groups is 2. The van der Waals surface area contributed by atoms with Gasteiger partial charge in [0.05, 0.1) is 5.75 Å². The zero-order chi connectivity index (χ0) is 23.9. The largest absolute Gasteiger partial charge is 0.348 e. The predicted octanol–water partition coefficient (Wildman–Crippen LogP) is 4.45. The topological polar surface area (TPSA) is 88.9 Å². The molecule has 7 nitrogen and oxygen atoms in total. The van der Waals surface area contributed by atoms with Crippen LogP contribution >= 0.6 is 11.8 Å². The fraction of sp³-hybridized carbons (Fsp3) is 0.154. The highest BCUT2D eigenvalue weighted by molar-refractivity contribution is 7.99. The minimum atomic E-state index is -0.203. The fourth-order valence-corrected chi connectivity index (χ4v) is 4.13. The van der Waals surface area contributed by atoms with E-state index in [0.717, 1.165) is 16.7 Å². The molecule has 4 rings (SSSR count). The Hall–Kier alpha value is -3.91. The molecule has 172 valence electrons. The van der Waals surface area contributed by atoms with Crippen molar-refractivity contribution >= 4 is 29.3 Å². The van der Waals surface area contributed by atoms with E-state index in [2.05, 4.69) is 58.1 Å². The first-order valence-corrected chi connectivity index (χ1v) is 11.8. The van der Waals surface area contributed by atoms with E-state index in [0.29, 0.717) is 23.0 Å². The van der Waals surface area contributed by atoms with Crippen molar-refractivity contribution in [2.24, 2.45) is 7.05 Å². The van der Waals surface area contributed by atoms with Crippen molar-refractivity contribution in [2.45, 2.75) is 18.6 Å². The van der Waals surface area contributed by atoms with Crippen molar-refractivity contribution in [1.29, 1.82) is 0 Å². The minimum Gasteiger partial charge on any atom is -0.348 e. The first-order chi connectivity index (χ1) is 16.5. The molecule has 0 atom stereocenters. The standard InChI is InChI=1S/C26H25N5O2S/c1-18-6-3-8-20(12-18)21-9-4-7-19(13-21)15-27-25(33)22-10-5-11-23(14-22)29-24(32)16-34-26-30-28-17-31(26)2/h3-14,17H,15-16H2,1-2H3,(H,27,33)(H,29,32). The smallest absolute Gasteiger partial charge is 0.251 e. The van der Waals surface area contributed by atoms with Gasteiger partial charge in [0.1, 0.15) is 6.33 Å². The molecule has 1 heterocycles. The summed E-state index contributed by atoms with van der Waals surface area (Å²) in [6.45, 7) is 2.48. The van der Waals surface area contributed by atoms with Gasteiger partial charge >= 0.3 is 0 Å². The molecule has 0 radical (unpaired) electrons. The van der Waals surface area contributed by atoms with Crippen LogP contribution in [-0.2, 0) is 18.4 Å². The van der Waals surface area contributed by atoms with Crippen LogP contribution in [0.15, 0.2) is 84.3 Å². The average Bonchev–Trinajstić information content (AvgIpc) is 3.26. The molecule has 2 N–H and O–H groups in total. The van der Waals surface area contributed by atoms with Crippen molar-refractivity contribution in [3.63, 3.8) is 0 Å². The average molecular weight is 472 g/mol. The van der Waals surface area contributed by atoms with Gasteiger partial charge in [-0.15, -0.1) is 10.2 Å². The SMILES string of the molecule is Cc1cccc(-c2cccc(CNC(=O)c3cccc(NC(=O)CSc4nncn4C)c3)c2)c1. The second-order valence-electron chi connectivity index (χ2n) is 7.89. The maximum atomic E-state index is 12.7. The second-order valence-corrected chi connectivity index (χ2v) is 8.84. The molecular formula is C26H25N5O2S. The van der Waals surface area contributed by atoms with E-state index in [1.165, 1.54) is 17.3 Å². The van der Waals surface area contributed by atoms with Gasteiger partial charge in [0, 0.05) is 24.8 Å². The van der Waals surface area contributed by atoms with Crippen LogP contribution in [0, 0.1) is 6.92 Å². The number of nitrogens with zero attached hydrogens (tertiary/aromatic N) is 3. The van der Waals surface area contributed by atoms with Crippen LogP contribution < -0.4 is 10.6 Å². The highest BCUT2D eigenvalue weighted by Gasteiger charge is 2.10. The van der Waals surface area contributed by atoms with E-state index in [1.54, 1.807) is 35.2 Å². The lowest BCUT2D eigenvalue weighted by Crippen LogP contribution is -2.23. The molecule has 4 aromatic rings. The van der Waals surface area contributed by atoms with Crippen molar-refractivity contribution in [3.8, 4) is 11.1 Å². The maximum absolute atomic E-state index is 12.7. The van der Waals surface area contributed by atoms with Crippen LogP contribution in [-0.4, -0.2) is 32.3 Å². The summed E-state index contributed by atoms with van der Waals surface area (Å²) in [6.07, 6.45) is 1.58. The summed E-state index contributed by atoms with van der Waals surface area (Å²) < 4.78 is 1.75. The predicted molar refractivity (Wildman–Crippen MR) is 135 cm³/mol. The lowest BCUT2D eigenvalue weighted by atomic mass is 10.0. The Morgan fingerprint density at radius 3 is 2.50 bits per heavy atom. The van der Waals surface area contributed by atoms with Gasteiger partial charge in [0.15, 0.2) is 5.16 Å². The molecule has 0 spiro atoms. The number of nitrogens with one attached hydrogen (secondary N) is 2. The van der Waals surface area contributed by atoms with Crippen molar-refractivity contribution < 1.29 is 9.59 Å². The highest BCUT2D eigenvalue weighted by atomic mass is 32.2. The van der Waals surface area contributed by atoms with Gasteiger partial charge in [-0.1, -0.05) is 65.9 Å². The third kappa shape index (κ3) is 6.11. The van der Waals surface area contributed by atoms with E-state index in [9.17, 15) is 9.59 Å². The summed E-state index contributed by atoms with van der Waals surface area (Å²) in [5.74, 6) is -0.190. The number of hydrogen-bond donors (Lipinski definition) is 2. The Kier molecular flexibility index (Phi) is 7.39. The van der Waals surface area contributed by atoms with Gasteiger partial charge in [-0.2, -0.15) is 0 Å². The van der Waals surface area contributed by atoms with E-state index < -0.39 is 0 Å². The first-order valence-electron chi connectivity index (χ1n) is 10.8. The van der Waals surface area contributed by atoms with Crippen LogP contribution in [0.4, 0.5) is 5.69 Å². The van der Waals surface area contributed by atoms with Crippen LogP contribution in [0.1, 0.15) is 21.5 Å². The van der Waals surface area contributed by atoms with Gasteiger partial charge in [0.25, 0.3) is 5.91 Å². The number of thioether (sulfide) groups is 1. The number of aryl methyl sites for hydroxylation is 2. The molecular weight excluding hydrogens is 446 g/mol. The van der Waals surface area contributed by atoms with Crippen LogP contribution in [0.2, 0.25) is 0 Å². The van der Waals surface area contributed by atoms with Crippen LogP contribution in [0.3, 0.4) is 0 Å². The number of amides is 2. The molecule has 0 saturated carbocycles. The minimum absolute atomic E-state index is 0.182. The molecule has 0 fully saturated rings. The third-order valence-electron chi connectivity index (χ3n) is 5.14. The number of carbonyl (C=O) groups excluding carboxylic acids is 2. The van der Waals surface area contributed by atoms with Gasteiger partial charge in [0.2, 0.25) is 5.91 Å². The van der Waals surface area contributed by atoms with Crippen molar-refractivity contribution in [2.75, 3.05) is 11.1 Å². The lowest BCUT2D eigenvalue weighted by molar-refractivity contribution is -0.113. The second kappa shape index (κ2) is 10.8. The number of anilines is 1. The summed E-state index contributed by atoms with van der Waals surface area (Å²) in [5, 5.41) is 14.2. The van der Waals surface area contributed by atoms with E-state index in [4.69, 9.17) is 0 Å². The molecule has 1 aromatic heterocycles. The lowest BCUT2D eigenvalue weighted by Gasteiger charge is -2.10. The van der Waals surface area contributed by atoms with Crippen molar-refractivity contribution in [1.82, 2.24) is 20.1 Å². The molecule has 0 aliphatic heterocycles. The van der Waals surface area contributed by atoms with Gasteiger partial charge in [-0.25, -0.2) is 0 Å². The number of hydrogen-bond acceptors (Lipinski definition) is 5. The Balaban J connectivity index is 1.34. The summed E-state index contributed by atoms with van der Waals surface area (Å²) >= 11 is 1.30. The maximum Gasteiger partial charge on any atom is 0.251 e. The van der Waals surface area contributed by atoms with Gasteiger partial charge in [-0.3, -0.25) is 9.59 Å². The number of rotatable bonds is 8. The Morgan fingerprint density at radius 1 is 0.971 bits per heavy atom. The third-order valence-corrected chi connectivity index (χ3v) is 6.18. The molecule has 2 amide bonds. The molecule has 0 saturated heterocycles. The summed E-state index contributed by atoms with van der Waals surface area (Å²) in [5.41, 5.74) is 5.52. The first kappa shape index (κ1) is 23.3. The van der Waals surface area contributed by atoms with E-state index in [1.807, 2.05) is 25.2 Å². The monoisotopic (exact) mass is 471 g/mol. The normalized spacial score (nSPS) is 10.6. The van der Waals surface area contributed by atoms with E-state index >= 15 is 0 Å². The van der Waals surface area contributed by atoms with Crippen LogP contribution in [0.25, 0.3) is 11.1 Å². The van der Waals surface area contributed by atoms with Gasteiger partial charge in [-0.05, 0) is 47.9 Å². The molecule has 0 bridgehead atoms. The summed E-state index contributed by atoms with van der Waals surface area (Å²) in [6, 6.07) is 23.4. The quantitative estimate of drug-likeness (QED) is 0.371. The number of benzene rings is 3. The fourth-order valence-electron chi connectivity index (χ4n) is 3.44. The molecule has 0 aliphatic rings. The van der Waals surface area contributed by atoms with E-state index in [-0.39, 0.29) is 17.6 Å². The summed E-state index contributed by atoms with van der Waals surface area (Å²) in [7, 11) is 1.82. The number of aromatic nitrogens is 3. The molecule has 8 heteroatoms. The molecule has 3 aromatic carbocycles. The Morgan fingerprint density at radius 2 is 1.74 bits per heavy atom. The Bertz CT molecular complexity index is 1320. The van der Waals surface area contributed by atoms with Gasteiger partial charge < -0.3 is 15.2 Å². The Labute approximate surface area is 202 Å². The zero-order valence-electron chi connectivity index (χ0n) is 19.0.